The molecule has 178 valence electrons. The molecule has 0 aliphatic heterocycles. The maximum Gasteiger partial charge on any atom is 0.348 e. The van der Waals surface area contributed by atoms with Crippen LogP contribution in [0.2, 0.25) is 0 Å². The van der Waals surface area contributed by atoms with Gasteiger partial charge in [-0.3, -0.25) is 4.79 Å². The van der Waals surface area contributed by atoms with E-state index in [-0.39, 0.29) is 34.8 Å². The predicted molar refractivity (Wildman–Crippen MR) is 127 cm³/mol. The van der Waals surface area contributed by atoms with Crippen LogP contribution in [0.1, 0.15) is 58.9 Å². The molecule has 1 aromatic heterocycles. The molecule has 1 amide bonds. The van der Waals surface area contributed by atoms with Gasteiger partial charge in [-0.25, -0.2) is 9.59 Å². The summed E-state index contributed by atoms with van der Waals surface area (Å²) >= 11 is 0.974. The maximum atomic E-state index is 12.6. The van der Waals surface area contributed by atoms with E-state index < -0.39 is 17.8 Å². The van der Waals surface area contributed by atoms with E-state index in [1.165, 1.54) is 6.08 Å². The van der Waals surface area contributed by atoms with Crippen molar-refractivity contribution in [3.05, 3.63) is 45.8 Å². The molecule has 0 radical (unpaired) electrons. The third-order valence-electron chi connectivity index (χ3n) is 4.30. The fourth-order valence-corrected chi connectivity index (χ4v) is 4.00. The molecule has 2 aromatic rings. The minimum absolute atomic E-state index is 0.00610. The topological polar surface area (TPSA) is 100 Å². The van der Waals surface area contributed by atoms with Crippen LogP contribution < -0.4 is 14.8 Å². The van der Waals surface area contributed by atoms with Gasteiger partial charge in [0.2, 0.25) is 5.91 Å². The van der Waals surface area contributed by atoms with E-state index in [1.54, 1.807) is 52.2 Å². The molecule has 33 heavy (non-hydrogen) atoms. The molecule has 1 heterocycles. The first kappa shape index (κ1) is 25.9. The van der Waals surface area contributed by atoms with Gasteiger partial charge < -0.3 is 24.3 Å². The number of rotatable bonds is 10. The first-order valence-corrected chi connectivity index (χ1v) is 11.3. The van der Waals surface area contributed by atoms with Gasteiger partial charge in [0, 0.05) is 6.08 Å². The first-order valence-electron chi connectivity index (χ1n) is 10.5. The lowest BCUT2D eigenvalue weighted by Gasteiger charge is -2.13. The van der Waals surface area contributed by atoms with Gasteiger partial charge in [-0.1, -0.05) is 6.07 Å². The summed E-state index contributed by atoms with van der Waals surface area (Å²) in [5, 5.41) is 2.90. The van der Waals surface area contributed by atoms with Gasteiger partial charge in [0.1, 0.15) is 9.88 Å². The number of ether oxygens (including phenoxy) is 4. The maximum absolute atomic E-state index is 12.6. The molecular formula is C24H29NO7S. The standard InChI is InChI=1S/C24H29NO7S/c1-7-30-23(27)20-15(5)21(24(28)31-8-2)33-22(20)25-19(26)12-10-16-9-11-17(32-14(3)4)18(13-16)29-6/h9-14H,7-8H2,1-6H3,(H,25,26)/b12-10+. The monoisotopic (exact) mass is 475 g/mol. The zero-order valence-electron chi connectivity index (χ0n) is 19.6. The summed E-state index contributed by atoms with van der Waals surface area (Å²) in [7, 11) is 1.54. The van der Waals surface area contributed by atoms with Crippen molar-refractivity contribution in [2.75, 3.05) is 25.6 Å². The molecule has 0 aliphatic carbocycles. The van der Waals surface area contributed by atoms with Crippen LogP contribution in [0.4, 0.5) is 5.00 Å². The van der Waals surface area contributed by atoms with Gasteiger partial charge in [0.15, 0.2) is 11.5 Å². The molecule has 2 rings (SSSR count). The Morgan fingerprint density at radius 2 is 1.73 bits per heavy atom. The van der Waals surface area contributed by atoms with E-state index in [9.17, 15) is 14.4 Å². The Morgan fingerprint density at radius 3 is 2.33 bits per heavy atom. The van der Waals surface area contributed by atoms with E-state index in [2.05, 4.69) is 5.32 Å². The molecule has 0 aliphatic rings. The summed E-state index contributed by atoms with van der Waals surface area (Å²) in [4.78, 5) is 37.5. The summed E-state index contributed by atoms with van der Waals surface area (Å²) in [6.45, 7) is 9.18. The predicted octanol–water partition coefficient (Wildman–Crippen LogP) is 4.86. The fraction of sp³-hybridized carbons (Fsp3) is 0.375. The van der Waals surface area contributed by atoms with Crippen molar-refractivity contribution < 1.29 is 33.3 Å². The highest BCUT2D eigenvalue weighted by atomic mass is 32.1. The van der Waals surface area contributed by atoms with Crippen LogP contribution in [0.15, 0.2) is 24.3 Å². The number of benzene rings is 1. The molecular weight excluding hydrogens is 446 g/mol. The molecule has 0 spiro atoms. The summed E-state index contributed by atoms with van der Waals surface area (Å²) in [6, 6.07) is 5.31. The number of amides is 1. The van der Waals surface area contributed by atoms with Gasteiger partial charge in [-0.2, -0.15) is 0 Å². The van der Waals surface area contributed by atoms with Gasteiger partial charge >= 0.3 is 11.9 Å². The zero-order chi connectivity index (χ0) is 24.5. The van der Waals surface area contributed by atoms with Crippen LogP contribution in [0, 0.1) is 6.92 Å². The number of carbonyl (C=O) groups excluding carboxylic acids is 3. The molecule has 1 aromatic carbocycles. The number of esters is 2. The molecule has 0 atom stereocenters. The van der Waals surface area contributed by atoms with Crippen LogP contribution in [-0.2, 0) is 14.3 Å². The Kier molecular flexibility index (Phi) is 9.47. The van der Waals surface area contributed by atoms with E-state index >= 15 is 0 Å². The fourth-order valence-electron chi connectivity index (χ4n) is 2.91. The van der Waals surface area contributed by atoms with Crippen LogP contribution in [-0.4, -0.2) is 44.3 Å². The molecule has 8 nitrogen and oxygen atoms in total. The number of thiophene rings is 1. The lowest BCUT2D eigenvalue weighted by molar-refractivity contribution is -0.111. The third-order valence-corrected chi connectivity index (χ3v) is 5.49. The largest absolute Gasteiger partial charge is 0.493 e. The summed E-state index contributed by atoms with van der Waals surface area (Å²) in [5.41, 5.74) is 1.27. The molecule has 0 fully saturated rings. The van der Waals surface area contributed by atoms with Crippen LogP contribution in [0.5, 0.6) is 11.5 Å². The third kappa shape index (κ3) is 6.82. The van der Waals surface area contributed by atoms with Crippen LogP contribution in [0.25, 0.3) is 6.08 Å². The van der Waals surface area contributed by atoms with E-state index in [0.717, 1.165) is 16.9 Å². The number of nitrogens with one attached hydrogen (secondary N) is 1. The average Bonchev–Trinajstić information content (AvgIpc) is 3.08. The van der Waals surface area contributed by atoms with Crippen molar-refractivity contribution in [1.29, 1.82) is 0 Å². The van der Waals surface area contributed by atoms with Crippen molar-refractivity contribution >= 4 is 40.3 Å². The number of carbonyl (C=O) groups is 3. The molecule has 0 saturated carbocycles. The molecule has 0 saturated heterocycles. The second kappa shape index (κ2) is 12.1. The average molecular weight is 476 g/mol. The van der Waals surface area contributed by atoms with Crippen molar-refractivity contribution in [3.8, 4) is 11.5 Å². The first-order chi connectivity index (χ1) is 15.7. The SMILES string of the molecule is CCOC(=O)c1sc(NC(=O)/C=C/c2ccc(OC(C)C)c(OC)c2)c(C(=O)OCC)c1C. The van der Waals surface area contributed by atoms with Crippen molar-refractivity contribution in [2.24, 2.45) is 0 Å². The normalized spacial score (nSPS) is 10.9. The van der Waals surface area contributed by atoms with Crippen molar-refractivity contribution in [2.45, 2.75) is 40.7 Å². The van der Waals surface area contributed by atoms with Crippen molar-refractivity contribution in [1.82, 2.24) is 0 Å². The van der Waals surface area contributed by atoms with Crippen molar-refractivity contribution in [3.63, 3.8) is 0 Å². The molecule has 0 unspecified atom stereocenters. The Balaban J connectivity index is 2.27. The highest BCUT2D eigenvalue weighted by Crippen LogP contribution is 2.34. The molecule has 0 bridgehead atoms. The smallest absolute Gasteiger partial charge is 0.348 e. The van der Waals surface area contributed by atoms with Crippen LogP contribution in [0.3, 0.4) is 0 Å². The Labute approximate surface area is 197 Å². The quantitative estimate of drug-likeness (QED) is 0.387. The number of hydrogen-bond donors (Lipinski definition) is 1. The Hall–Kier alpha value is -3.33. The second-order valence-corrected chi connectivity index (χ2v) is 8.12. The van der Waals surface area contributed by atoms with Gasteiger partial charge in [0.25, 0.3) is 0 Å². The highest BCUT2D eigenvalue weighted by molar-refractivity contribution is 7.18. The Bertz CT molecular complexity index is 1040. The summed E-state index contributed by atoms with van der Waals surface area (Å²) in [6.07, 6.45) is 2.92. The highest BCUT2D eigenvalue weighted by Gasteiger charge is 2.27. The lowest BCUT2D eigenvalue weighted by Crippen LogP contribution is -2.13. The second-order valence-electron chi connectivity index (χ2n) is 7.10. The number of anilines is 1. The van der Waals surface area contributed by atoms with E-state index in [1.807, 2.05) is 13.8 Å². The van der Waals surface area contributed by atoms with Crippen LogP contribution >= 0.6 is 11.3 Å². The number of hydrogen-bond acceptors (Lipinski definition) is 8. The molecule has 9 heteroatoms. The van der Waals surface area contributed by atoms with E-state index in [0.29, 0.717) is 17.1 Å². The van der Waals surface area contributed by atoms with Gasteiger partial charge in [-0.05, 0) is 64.0 Å². The Morgan fingerprint density at radius 1 is 1.06 bits per heavy atom. The summed E-state index contributed by atoms with van der Waals surface area (Å²) < 4.78 is 21.2. The van der Waals surface area contributed by atoms with Gasteiger partial charge in [-0.15, -0.1) is 11.3 Å². The minimum Gasteiger partial charge on any atom is -0.493 e. The van der Waals surface area contributed by atoms with Gasteiger partial charge in [0.05, 0.1) is 32.0 Å². The number of methoxy groups -OCH3 is 1. The van der Waals surface area contributed by atoms with E-state index in [4.69, 9.17) is 18.9 Å². The lowest BCUT2D eigenvalue weighted by atomic mass is 10.1. The zero-order valence-corrected chi connectivity index (χ0v) is 20.5. The molecule has 1 N–H and O–H groups in total. The minimum atomic E-state index is -0.619. The summed E-state index contributed by atoms with van der Waals surface area (Å²) in [5.74, 6) is -0.500.